The number of pyridine rings is 1. The fourth-order valence-corrected chi connectivity index (χ4v) is 3.72. The third kappa shape index (κ3) is 3.55. The van der Waals surface area contributed by atoms with Crippen LogP contribution < -0.4 is 5.32 Å². The topological polar surface area (TPSA) is 110 Å². The zero-order valence-corrected chi connectivity index (χ0v) is 16.6. The van der Waals surface area contributed by atoms with Crippen molar-refractivity contribution in [2.75, 3.05) is 0 Å². The molecule has 8 nitrogen and oxygen atoms in total. The number of nitrogens with one attached hydrogen (secondary N) is 1. The molecule has 1 atom stereocenters. The molecule has 142 valence electrons. The van der Waals surface area contributed by atoms with Crippen molar-refractivity contribution in [1.82, 2.24) is 25.1 Å². The van der Waals surface area contributed by atoms with Crippen LogP contribution in [0.5, 0.6) is 0 Å². The number of carboxylic acid groups (broad SMARTS) is 1. The van der Waals surface area contributed by atoms with Gasteiger partial charge in [-0.3, -0.25) is 4.79 Å². The van der Waals surface area contributed by atoms with E-state index in [1.165, 1.54) is 0 Å². The molecule has 0 bridgehead atoms. The Kier molecular flexibility index (Phi) is 4.97. The van der Waals surface area contributed by atoms with Crippen molar-refractivity contribution in [3.05, 3.63) is 39.1 Å². The number of aryl methyl sites for hydroxylation is 2. The van der Waals surface area contributed by atoms with Crippen molar-refractivity contribution in [3.8, 4) is 0 Å². The van der Waals surface area contributed by atoms with Crippen LogP contribution in [0.4, 0.5) is 0 Å². The fourth-order valence-electron chi connectivity index (χ4n) is 2.81. The van der Waals surface area contributed by atoms with Gasteiger partial charge < -0.3 is 10.4 Å². The SMILES string of the molecule is Cc1nc2c(cnn2C(C)C)cc1C(=O)NC(C)c1nc(C)c(C(=O)O)s1. The summed E-state index contributed by atoms with van der Waals surface area (Å²) in [5.41, 5.74) is 2.26. The third-order valence-electron chi connectivity index (χ3n) is 4.22. The Bertz CT molecular complexity index is 1040. The first kappa shape index (κ1) is 19.0. The number of carbonyl (C=O) groups is 2. The first-order valence-electron chi connectivity index (χ1n) is 8.55. The number of nitrogens with zero attached hydrogens (tertiary/aromatic N) is 4. The second-order valence-electron chi connectivity index (χ2n) is 6.68. The van der Waals surface area contributed by atoms with Crippen LogP contribution >= 0.6 is 11.3 Å². The van der Waals surface area contributed by atoms with Gasteiger partial charge in [0.2, 0.25) is 0 Å². The molecule has 0 fully saturated rings. The Labute approximate surface area is 160 Å². The Morgan fingerprint density at radius 1 is 1.19 bits per heavy atom. The van der Waals surface area contributed by atoms with Gasteiger partial charge >= 0.3 is 5.97 Å². The molecule has 0 aliphatic heterocycles. The van der Waals surface area contributed by atoms with E-state index in [0.29, 0.717) is 22.0 Å². The first-order chi connectivity index (χ1) is 12.7. The second-order valence-corrected chi connectivity index (χ2v) is 7.71. The van der Waals surface area contributed by atoms with Gasteiger partial charge in [-0.1, -0.05) is 0 Å². The van der Waals surface area contributed by atoms with Crippen LogP contribution in [-0.4, -0.2) is 36.7 Å². The average Bonchev–Trinajstić information content (AvgIpc) is 3.17. The maximum Gasteiger partial charge on any atom is 0.347 e. The minimum Gasteiger partial charge on any atom is -0.477 e. The Balaban J connectivity index is 1.86. The molecule has 0 radical (unpaired) electrons. The van der Waals surface area contributed by atoms with Gasteiger partial charge in [-0.15, -0.1) is 11.3 Å². The minimum atomic E-state index is -1.01. The number of rotatable bonds is 5. The normalized spacial score (nSPS) is 12.5. The van der Waals surface area contributed by atoms with Gasteiger partial charge in [0.1, 0.15) is 9.88 Å². The summed E-state index contributed by atoms with van der Waals surface area (Å²) in [5.74, 6) is -1.29. The average molecular weight is 387 g/mol. The number of fused-ring (bicyclic) bond motifs is 1. The molecular formula is C18H21N5O3S. The number of hydrogen-bond donors (Lipinski definition) is 2. The van der Waals surface area contributed by atoms with Crippen molar-refractivity contribution < 1.29 is 14.7 Å². The summed E-state index contributed by atoms with van der Waals surface area (Å²) in [5, 5.41) is 17.7. The highest BCUT2D eigenvalue weighted by Gasteiger charge is 2.21. The monoisotopic (exact) mass is 387 g/mol. The van der Waals surface area contributed by atoms with Gasteiger partial charge in [0.15, 0.2) is 5.65 Å². The maximum atomic E-state index is 12.7. The standard InChI is InChI=1S/C18H21N5O3S/c1-8(2)23-15-12(7-19-23)6-13(9(3)20-15)16(24)21-11(5)17-22-10(4)14(27-17)18(25)26/h6-8,11H,1-5H3,(H,21,24)(H,25,26). The summed E-state index contributed by atoms with van der Waals surface area (Å²) < 4.78 is 1.82. The lowest BCUT2D eigenvalue weighted by Gasteiger charge is -2.13. The van der Waals surface area contributed by atoms with Gasteiger partial charge in [0.25, 0.3) is 5.91 Å². The van der Waals surface area contributed by atoms with E-state index in [-0.39, 0.29) is 16.8 Å². The van der Waals surface area contributed by atoms with Crippen molar-refractivity contribution in [3.63, 3.8) is 0 Å². The molecule has 3 heterocycles. The van der Waals surface area contributed by atoms with Gasteiger partial charge in [0.05, 0.1) is 29.2 Å². The van der Waals surface area contributed by atoms with Gasteiger partial charge in [-0.25, -0.2) is 19.4 Å². The summed E-state index contributed by atoms with van der Waals surface area (Å²) in [7, 11) is 0. The third-order valence-corrected chi connectivity index (χ3v) is 5.55. The smallest absolute Gasteiger partial charge is 0.347 e. The molecule has 0 aromatic carbocycles. The molecule has 0 spiro atoms. The number of amides is 1. The number of carboxylic acids is 1. The molecular weight excluding hydrogens is 366 g/mol. The van der Waals surface area contributed by atoms with E-state index >= 15 is 0 Å². The molecule has 9 heteroatoms. The molecule has 0 aliphatic carbocycles. The van der Waals surface area contributed by atoms with E-state index in [2.05, 4.69) is 20.4 Å². The fraction of sp³-hybridized carbons (Fsp3) is 0.389. The van der Waals surface area contributed by atoms with E-state index in [1.54, 1.807) is 33.0 Å². The summed E-state index contributed by atoms with van der Waals surface area (Å²) in [4.78, 5) is 32.9. The molecule has 1 amide bonds. The van der Waals surface area contributed by atoms with Gasteiger partial charge in [-0.05, 0) is 40.7 Å². The highest BCUT2D eigenvalue weighted by Crippen LogP contribution is 2.24. The molecule has 3 rings (SSSR count). The number of aromatic carboxylic acids is 1. The van der Waals surface area contributed by atoms with Crippen molar-refractivity contribution in [2.45, 2.75) is 46.7 Å². The maximum absolute atomic E-state index is 12.7. The Hall–Kier alpha value is -2.81. The van der Waals surface area contributed by atoms with E-state index in [4.69, 9.17) is 5.11 Å². The largest absolute Gasteiger partial charge is 0.477 e. The summed E-state index contributed by atoms with van der Waals surface area (Å²) in [6, 6.07) is 1.54. The Morgan fingerprint density at radius 2 is 1.89 bits per heavy atom. The zero-order valence-electron chi connectivity index (χ0n) is 15.8. The van der Waals surface area contributed by atoms with Crippen molar-refractivity contribution in [1.29, 1.82) is 0 Å². The van der Waals surface area contributed by atoms with Crippen molar-refractivity contribution >= 4 is 34.2 Å². The lowest BCUT2D eigenvalue weighted by molar-refractivity contribution is 0.0700. The number of hydrogen-bond acceptors (Lipinski definition) is 6. The van der Waals surface area contributed by atoms with Crippen molar-refractivity contribution in [2.24, 2.45) is 0 Å². The predicted molar refractivity (Wildman–Crippen MR) is 102 cm³/mol. The van der Waals surface area contributed by atoms with Crippen LogP contribution in [0.3, 0.4) is 0 Å². The predicted octanol–water partition coefficient (Wildman–Crippen LogP) is 3.27. The number of thiazole rings is 1. The lowest BCUT2D eigenvalue weighted by Crippen LogP contribution is -2.27. The summed E-state index contributed by atoms with van der Waals surface area (Å²) >= 11 is 1.07. The minimum absolute atomic E-state index is 0.172. The van der Waals surface area contributed by atoms with E-state index in [0.717, 1.165) is 22.4 Å². The van der Waals surface area contributed by atoms with E-state index in [9.17, 15) is 9.59 Å². The molecule has 0 saturated carbocycles. The highest BCUT2D eigenvalue weighted by atomic mass is 32.1. The van der Waals surface area contributed by atoms with Gasteiger partial charge in [-0.2, -0.15) is 5.10 Å². The molecule has 2 N–H and O–H groups in total. The molecule has 1 unspecified atom stereocenters. The summed E-state index contributed by atoms with van der Waals surface area (Å²) in [6.45, 7) is 9.25. The van der Waals surface area contributed by atoms with Crippen LogP contribution in [0.25, 0.3) is 11.0 Å². The first-order valence-corrected chi connectivity index (χ1v) is 9.37. The van der Waals surface area contributed by atoms with Crippen LogP contribution in [0.15, 0.2) is 12.3 Å². The summed E-state index contributed by atoms with van der Waals surface area (Å²) in [6.07, 6.45) is 1.70. The molecule has 27 heavy (non-hydrogen) atoms. The molecule has 0 saturated heterocycles. The quantitative estimate of drug-likeness (QED) is 0.695. The molecule has 3 aromatic heterocycles. The second kappa shape index (κ2) is 7.07. The number of aromatic nitrogens is 4. The Morgan fingerprint density at radius 3 is 2.48 bits per heavy atom. The lowest BCUT2D eigenvalue weighted by atomic mass is 10.1. The highest BCUT2D eigenvalue weighted by molar-refractivity contribution is 7.13. The van der Waals surface area contributed by atoms with Crippen LogP contribution in [0.1, 0.15) is 69.3 Å². The van der Waals surface area contributed by atoms with Crippen LogP contribution in [0, 0.1) is 13.8 Å². The van der Waals surface area contributed by atoms with Gasteiger partial charge in [0, 0.05) is 11.4 Å². The zero-order chi connectivity index (χ0) is 19.9. The van der Waals surface area contributed by atoms with E-state index in [1.807, 2.05) is 18.5 Å². The van der Waals surface area contributed by atoms with E-state index < -0.39 is 12.0 Å². The van der Waals surface area contributed by atoms with Crippen LogP contribution in [-0.2, 0) is 0 Å². The number of carbonyl (C=O) groups excluding carboxylic acids is 1. The van der Waals surface area contributed by atoms with Crippen LogP contribution in [0.2, 0.25) is 0 Å². The molecule has 0 aliphatic rings. The molecule has 3 aromatic rings.